The van der Waals surface area contributed by atoms with E-state index in [9.17, 15) is 4.79 Å². The molecule has 0 fully saturated rings. The Balaban J connectivity index is 1.74. The van der Waals surface area contributed by atoms with Gasteiger partial charge in [-0.2, -0.15) is 0 Å². The second-order valence-electron chi connectivity index (χ2n) is 5.47. The number of rotatable bonds is 3. The number of amides is 1. The lowest BCUT2D eigenvalue weighted by Crippen LogP contribution is -2.34. The Morgan fingerprint density at radius 1 is 1.08 bits per heavy atom. The summed E-state index contributed by atoms with van der Waals surface area (Å²) in [6.07, 6.45) is 0. The van der Waals surface area contributed by atoms with Crippen molar-refractivity contribution < 1.29 is 9.53 Å². The second-order valence-corrected chi connectivity index (χ2v) is 5.87. The number of carbonyl (C=O) groups is 1. The topological polar surface area (TPSA) is 63.2 Å². The summed E-state index contributed by atoms with van der Waals surface area (Å²) in [4.78, 5) is 16.8. The van der Waals surface area contributed by atoms with Gasteiger partial charge in [-0.25, -0.2) is 0 Å². The molecule has 126 valence electrons. The summed E-state index contributed by atoms with van der Waals surface area (Å²) in [7, 11) is 1.58. The minimum absolute atomic E-state index is 0.219. The average Bonchev–Trinajstić information content (AvgIpc) is 2.62. The summed E-state index contributed by atoms with van der Waals surface area (Å²) < 4.78 is 5.08. The molecule has 0 unspecified atom stereocenters. The van der Waals surface area contributed by atoms with Crippen LogP contribution in [0.2, 0.25) is 0 Å². The Bertz CT molecular complexity index is 939. The maximum absolute atomic E-state index is 12.3. The van der Waals surface area contributed by atoms with Crippen molar-refractivity contribution >= 4 is 39.8 Å². The number of methoxy groups -OCH3 is 1. The number of benzene rings is 2. The Hall–Kier alpha value is -2.99. The highest BCUT2D eigenvalue weighted by Crippen LogP contribution is 2.21. The van der Waals surface area contributed by atoms with E-state index in [2.05, 4.69) is 15.6 Å². The van der Waals surface area contributed by atoms with Gasteiger partial charge in [-0.1, -0.05) is 18.2 Å². The molecule has 1 amide bonds. The third-order valence-corrected chi connectivity index (χ3v) is 3.89. The molecule has 2 aromatic carbocycles. The van der Waals surface area contributed by atoms with Crippen molar-refractivity contribution in [3.8, 4) is 5.75 Å². The lowest BCUT2D eigenvalue weighted by atomic mass is 10.2. The van der Waals surface area contributed by atoms with Gasteiger partial charge in [0.1, 0.15) is 5.75 Å². The van der Waals surface area contributed by atoms with Crippen LogP contribution in [0.15, 0.2) is 54.6 Å². The van der Waals surface area contributed by atoms with E-state index in [0.29, 0.717) is 11.3 Å². The van der Waals surface area contributed by atoms with Crippen LogP contribution in [0.4, 0.5) is 5.69 Å². The molecule has 0 atom stereocenters. The van der Waals surface area contributed by atoms with Gasteiger partial charge in [-0.15, -0.1) is 0 Å². The first kappa shape index (κ1) is 16.9. The van der Waals surface area contributed by atoms with Crippen LogP contribution in [0, 0.1) is 6.92 Å². The highest BCUT2D eigenvalue weighted by molar-refractivity contribution is 7.80. The first-order chi connectivity index (χ1) is 12.1. The van der Waals surface area contributed by atoms with Gasteiger partial charge in [-0.3, -0.25) is 15.1 Å². The van der Waals surface area contributed by atoms with Gasteiger partial charge in [0.2, 0.25) is 0 Å². The Morgan fingerprint density at radius 2 is 1.84 bits per heavy atom. The number of nitrogens with zero attached hydrogens (tertiary/aromatic N) is 1. The van der Waals surface area contributed by atoms with E-state index in [1.165, 1.54) is 0 Å². The molecule has 0 aliphatic rings. The van der Waals surface area contributed by atoms with Crippen molar-refractivity contribution in [2.24, 2.45) is 0 Å². The lowest BCUT2D eigenvalue weighted by molar-refractivity contribution is 0.0977. The molecule has 5 nitrogen and oxygen atoms in total. The summed E-state index contributed by atoms with van der Waals surface area (Å²) >= 11 is 5.26. The van der Waals surface area contributed by atoms with Crippen LogP contribution in [0.1, 0.15) is 16.1 Å². The van der Waals surface area contributed by atoms with Crippen molar-refractivity contribution in [2.45, 2.75) is 6.92 Å². The SMILES string of the molecule is COc1ccc(C(=O)NC(=S)Nc2cccc3ccc(C)nc23)cc1. The summed E-state index contributed by atoms with van der Waals surface area (Å²) in [6.45, 7) is 1.93. The number of fused-ring (bicyclic) bond motifs is 1. The van der Waals surface area contributed by atoms with Gasteiger partial charge in [0.15, 0.2) is 5.11 Å². The molecule has 3 rings (SSSR count). The molecule has 0 bridgehead atoms. The van der Waals surface area contributed by atoms with E-state index in [1.54, 1.807) is 31.4 Å². The lowest BCUT2D eigenvalue weighted by Gasteiger charge is -2.12. The third kappa shape index (κ3) is 3.92. The summed E-state index contributed by atoms with van der Waals surface area (Å²) in [5.74, 6) is 0.402. The molecule has 2 N–H and O–H groups in total. The maximum Gasteiger partial charge on any atom is 0.257 e. The highest BCUT2D eigenvalue weighted by Gasteiger charge is 2.10. The number of thiocarbonyl (C=S) groups is 1. The van der Waals surface area contributed by atoms with Crippen LogP contribution >= 0.6 is 12.2 Å². The molecule has 25 heavy (non-hydrogen) atoms. The van der Waals surface area contributed by atoms with Crippen LogP contribution in [0.5, 0.6) is 5.75 Å². The van der Waals surface area contributed by atoms with E-state index in [1.807, 2.05) is 37.3 Å². The number of ether oxygens (including phenoxy) is 1. The number of aryl methyl sites for hydroxylation is 1. The zero-order valence-electron chi connectivity index (χ0n) is 13.9. The van der Waals surface area contributed by atoms with Crippen LogP contribution in [-0.2, 0) is 0 Å². The number of hydrogen-bond donors (Lipinski definition) is 2. The molecule has 0 radical (unpaired) electrons. The number of nitrogens with one attached hydrogen (secondary N) is 2. The Labute approximate surface area is 151 Å². The number of para-hydroxylation sites is 1. The fourth-order valence-electron chi connectivity index (χ4n) is 2.42. The number of carbonyl (C=O) groups excluding carboxylic acids is 1. The van der Waals surface area contributed by atoms with Crippen LogP contribution in [0.3, 0.4) is 0 Å². The van der Waals surface area contributed by atoms with Gasteiger partial charge in [0.05, 0.1) is 18.3 Å². The largest absolute Gasteiger partial charge is 0.497 e. The predicted molar refractivity (Wildman–Crippen MR) is 103 cm³/mol. The van der Waals surface area contributed by atoms with Crippen molar-refractivity contribution in [3.63, 3.8) is 0 Å². The molecule has 1 aromatic heterocycles. The number of anilines is 1. The summed E-state index contributed by atoms with van der Waals surface area (Å²) in [6, 6.07) is 16.5. The number of aromatic nitrogens is 1. The molecule has 0 aliphatic carbocycles. The van der Waals surface area contributed by atoms with Gasteiger partial charge in [0, 0.05) is 16.6 Å². The molecule has 0 spiro atoms. The molecular weight excluding hydrogens is 334 g/mol. The first-order valence-corrected chi connectivity index (χ1v) is 8.10. The minimum Gasteiger partial charge on any atom is -0.497 e. The fraction of sp³-hybridized carbons (Fsp3) is 0.105. The minimum atomic E-state index is -0.287. The van der Waals surface area contributed by atoms with Crippen LogP contribution in [-0.4, -0.2) is 23.1 Å². The Morgan fingerprint density at radius 3 is 2.56 bits per heavy atom. The van der Waals surface area contributed by atoms with Crippen molar-refractivity contribution in [3.05, 3.63) is 65.9 Å². The molecular formula is C19H17N3O2S. The molecule has 0 saturated carbocycles. The van der Waals surface area contributed by atoms with E-state index in [-0.39, 0.29) is 11.0 Å². The van der Waals surface area contributed by atoms with Gasteiger partial charge < -0.3 is 10.1 Å². The van der Waals surface area contributed by atoms with Crippen molar-refractivity contribution in [1.29, 1.82) is 0 Å². The normalized spacial score (nSPS) is 10.3. The molecule has 1 heterocycles. The molecule has 3 aromatic rings. The second kappa shape index (κ2) is 7.27. The molecule has 0 aliphatic heterocycles. The zero-order valence-corrected chi connectivity index (χ0v) is 14.7. The standard InChI is InChI=1S/C19H17N3O2S/c1-12-6-7-13-4-3-5-16(17(13)20-12)21-19(25)22-18(23)14-8-10-15(24-2)11-9-14/h3-11H,1-2H3,(H2,21,22,23,25). The van der Waals surface area contributed by atoms with Gasteiger partial charge in [-0.05, 0) is 55.5 Å². The van der Waals surface area contributed by atoms with E-state index in [0.717, 1.165) is 22.3 Å². The molecule has 0 saturated heterocycles. The quantitative estimate of drug-likeness (QED) is 0.705. The smallest absolute Gasteiger partial charge is 0.257 e. The van der Waals surface area contributed by atoms with Gasteiger partial charge >= 0.3 is 0 Å². The Kier molecular flexibility index (Phi) is 4.90. The summed E-state index contributed by atoms with van der Waals surface area (Å²) in [5, 5.41) is 6.94. The predicted octanol–water partition coefficient (Wildman–Crippen LogP) is 3.68. The monoisotopic (exact) mass is 351 g/mol. The summed E-state index contributed by atoms with van der Waals surface area (Å²) in [5.41, 5.74) is 2.97. The zero-order chi connectivity index (χ0) is 17.8. The molecule has 6 heteroatoms. The van der Waals surface area contributed by atoms with E-state index >= 15 is 0 Å². The van der Waals surface area contributed by atoms with Crippen LogP contribution < -0.4 is 15.4 Å². The van der Waals surface area contributed by atoms with E-state index in [4.69, 9.17) is 17.0 Å². The number of hydrogen-bond acceptors (Lipinski definition) is 4. The fourth-order valence-corrected chi connectivity index (χ4v) is 2.62. The van der Waals surface area contributed by atoms with E-state index < -0.39 is 0 Å². The van der Waals surface area contributed by atoms with Crippen LogP contribution in [0.25, 0.3) is 10.9 Å². The number of pyridine rings is 1. The maximum atomic E-state index is 12.3. The average molecular weight is 351 g/mol. The highest BCUT2D eigenvalue weighted by atomic mass is 32.1. The van der Waals surface area contributed by atoms with Crippen molar-refractivity contribution in [1.82, 2.24) is 10.3 Å². The third-order valence-electron chi connectivity index (χ3n) is 3.69. The van der Waals surface area contributed by atoms with Gasteiger partial charge in [0.25, 0.3) is 5.91 Å². The van der Waals surface area contributed by atoms with Crippen molar-refractivity contribution in [2.75, 3.05) is 12.4 Å². The first-order valence-electron chi connectivity index (χ1n) is 7.69.